The second-order valence-corrected chi connectivity index (χ2v) is 3.97. The molecule has 1 aliphatic heterocycles. The van der Waals surface area contributed by atoms with Crippen LogP contribution in [0, 0.1) is 0 Å². The lowest BCUT2D eigenvalue weighted by atomic mass is 10.1. The summed E-state index contributed by atoms with van der Waals surface area (Å²) >= 11 is 0. The van der Waals surface area contributed by atoms with Crippen LogP contribution < -0.4 is 4.90 Å². The summed E-state index contributed by atoms with van der Waals surface area (Å²) < 4.78 is 36.9. The van der Waals surface area contributed by atoms with Gasteiger partial charge in [0.05, 0.1) is 12.1 Å². The van der Waals surface area contributed by atoms with Gasteiger partial charge in [-0.15, -0.1) is 0 Å². The zero-order valence-corrected chi connectivity index (χ0v) is 9.00. The lowest BCUT2D eigenvalue weighted by Crippen LogP contribution is -2.36. The van der Waals surface area contributed by atoms with E-state index in [0.717, 1.165) is 18.7 Å². The van der Waals surface area contributed by atoms with Gasteiger partial charge in [0, 0.05) is 19.2 Å². The molecule has 0 N–H and O–H groups in total. The number of carbonyl (C=O) groups is 1. The summed E-state index contributed by atoms with van der Waals surface area (Å²) in [5.41, 5.74) is -0.774. The van der Waals surface area contributed by atoms with Crippen LogP contribution in [0.3, 0.4) is 0 Å². The second kappa shape index (κ2) is 4.35. The normalized spacial score (nSPS) is 17.4. The van der Waals surface area contributed by atoms with Gasteiger partial charge in [-0.3, -0.25) is 4.79 Å². The highest BCUT2D eigenvalue weighted by Crippen LogP contribution is 2.29. The van der Waals surface area contributed by atoms with Crippen LogP contribution in [0.2, 0.25) is 0 Å². The van der Waals surface area contributed by atoms with Crippen LogP contribution in [0.4, 0.5) is 19.0 Å². The number of ketones is 1. The minimum Gasteiger partial charge on any atom is -0.349 e. The van der Waals surface area contributed by atoms with Gasteiger partial charge in [-0.2, -0.15) is 13.2 Å². The maximum atomic E-state index is 12.3. The number of rotatable bonds is 1. The zero-order chi connectivity index (χ0) is 12.5. The van der Waals surface area contributed by atoms with Crippen molar-refractivity contribution in [1.29, 1.82) is 0 Å². The van der Waals surface area contributed by atoms with Gasteiger partial charge in [-0.05, 0) is 18.6 Å². The Balaban J connectivity index is 2.15. The Morgan fingerprint density at radius 2 is 2.06 bits per heavy atom. The van der Waals surface area contributed by atoms with Gasteiger partial charge in [0.1, 0.15) is 5.82 Å². The molecule has 0 aliphatic carbocycles. The molecule has 1 fully saturated rings. The highest BCUT2D eigenvalue weighted by molar-refractivity contribution is 5.84. The fourth-order valence-electron chi connectivity index (χ4n) is 1.77. The van der Waals surface area contributed by atoms with Crippen LogP contribution in [0.15, 0.2) is 18.3 Å². The van der Waals surface area contributed by atoms with Gasteiger partial charge in [-0.25, -0.2) is 4.98 Å². The molecule has 0 atom stereocenters. The average Bonchev–Trinajstić information content (AvgIpc) is 2.28. The number of pyridine rings is 1. The number of anilines is 1. The van der Waals surface area contributed by atoms with Crippen LogP contribution >= 0.6 is 0 Å². The highest BCUT2D eigenvalue weighted by atomic mass is 19.4. The lowest BCUT2D eigenvalue weighted by molar-refractivity contribution is -0.137. The third-order valence-corrected chi connectivity index (χ3v) is 2.65. The first kappa shape index (κ1) is 11.9. The molecule has 2 heterocycles. The molecule has 92 valence electrons. The van der Waals surface area contributed by atoms with Crippen molar-refractivity contribution in [3.8, 4) is 0 Å². The molecule has 0 radical (unpaired) electrons. The quantitative estimate of drug-likeness (QED) is 0.759. The summed E-state index contributed by atoms with van der Waals surface area (Å²) in [6, 6.07) is 2.29. The number of Topliss-reactive ketones (excluding diaryl/α,β-unsaturated/α-hetero) is 1. The van der Waals surface area contributed by atoms with Crippen molar-refractivity contribution in [3.05, 3.63) is 23.9 Å². The van der Waals surface area contributed by atoms with E-state index in [4.69, 9.17) is 0 Å². The third-order valence-electron chi connectivity index (χ3n) is 2.65. The van der Waals surface area contributed by atoms with Gasteiger partial charge < -0.3 is 4.90 Å². The number of hydrogen-bond acceptors (Lipinski definition) is 3. The van der Waals surface area contributed by atoms with E-state index in [0.29, 0.717) is 18.8 Å². The Kier molecular flexibility index (Phi) is 3.04. The minimum atomic E-state index is -4.37. The van der Waals surface area contributed by atoms with Gasteiger partial charge in [-0.1, -0.05) is 0 Å². The van der Waals surface area contributed by atoms with Gasteiger partial charge in [0.2, 0.25) is 0 Å². The van der Waals surface area contributed by atoms with E-state index in [1.54, 1.807) is 4.90 Å². The Morgan fingerprint density at radius 3 is 2.59 bits per heavy atom. The monoisotopic (exact) mass is 244 g/mol. The van der Waals surface area contributed by atoms with E-state index >= 15 is 0 Å². The number of alkyl halides is 3. The molecule has 0 aromatic carbocycles. The molecular weight excluding hydrogens is 233 g/mol. The van der Waals surface area contributed by atoms with Crippen molar-refractivity contribution in [2.45, 2.75) is 19.0 Å². The number of nitrogens with zero attached hydrogens (tertiary/aromatic N) is 2. The molecule has 3 nitrogen and oxygen atoms in total. The molecule has 1 aromatic rings. The molecule has 6 heteroatoms. The molecule has 1 saturated heterocycles. The number of halogens is 3. The van der Waals surface area contributed by atoms with Crippen molar-refractivity contribution in [2.75, 3.05) is 18.0 Å². The molecule has 17 heavy (non-hydrogen) atoms. The van der Waals surface area contributed by atoms with Gasteiger partial charge in [0.25, 0.3) is 0 Å². The molecule has 0 unspecified atom stereocenters. The lowest BCUT2D eigenvalue weighted by Gasteiger charge is -2.26. The average molecular weight is 244 g/mol. The fraction of sp³-hybridized carbons (Fsp3) is 0.455. The van der Waals surface area contributed by atoms with E-state index in [1.165, 1.54) is 6.07 Å². The number of carbonyl (C=O) groups excluding carboxylic acids is 1. The van der Waals surface area contributed by atoms with Crippen molar-refractivity contribution >= 4 is 11.6 Å². The second-order valence-electron chi connectivity index (χ2n) is 3.97. The van der Waals surface area contributed by atoms with E-state index in [2.05, 4.69) is 4.98 Å². The molecule has 0 bridgehead atoms. The Labute approximate surface area is 96.3 Å². The molecule has 0 saturated carbocycles. The number of piperidine rings is 1. The summed E-state index contributed by atoms with van der Waals surface area (Å²) in [7, 11) is 0. The number of aromatic nitrogens is 1. The topological polar surface area (TPSA) is 33.2 Å². The molecule has 1 aromatic heterocycles. The Morgan fingerprint density at radius 1 is 1.29 bits per heavy atom. The first-order valence-electron chi connectivity index (χ1n) is 5.27. The summed E-state index contributed by atoms with van der Waals surface area (Å²) in [5.74, 6) is 0.518. The summed E-state index contributed by atoms with van der Waals surface area (Å²) in [6.45, 7) is 0.891. The molecule has 2 rings (SSSR count). The highest BCUT2D eigenvalue weighted by Gasteiger charge is 2.31. The van der Waals surface area contributed by atoms with Crippen molar-refractivity contribution in [1.82, 2.24) is 4.98 Å². The van der Waals surface area contributed by atoms with Crippen molar-refractivity contribution < 1.29 is 18.0 Å². The van der Waals surface area contributed by atoms with E-state index in [-0.39, 0.29) is 12.3 Å². The SMILES string of the molecule is O=C1CCCN(c2ccc(C(F)(F)F)cn2)C1. The predicted molar refractivity (Wildman–Crippen MR) is 55.7 cm³/mol. The van der Waals surface area contributed by atoms with Crippen molar-refractivity contribution in [3.63, 3.8) is 0 Å². The molecular formula is C11H11F3N2O. The molecule has 0 spiro atoms. The van der Waals surface area contributed by atoms with Crippen LogP contribution in [0.1, 0.15) is 18.4 Å². The smallest absolute Gasteiger partial charge is 0.349 e. The van der Waals surface area contributed by atoms with E-state index < -0.39 is 11.7 Å². The van der Waals surface area contributed by atoms with Crippen LogP contribution in [-0.2, 0) is 11.0 Å². The zero-order valence-electron chi connectivity index (χ0n) is 9.00. The van der Waals surface area contributed by atoms with Crippen LogP contribution in [0.5, 0.6) is 0 Å². The van der Waals surface area contributed by atoms with E-state index in [9.17, 15) is 18.0 Å². The Hall–Kier alpha value is -1.59. The first-order chi connectivity index (χ1) is 7.97. The fourth-order valence-corrected chi connectivity index (χ4v) is 1.77. The largest absolute Gasteiger partial charge is 0.417 e. The predicted octanol–water partition coefficient (Wildman–Crippen LogP) is 2.27. The van der Waals surface area contributed by atoms with E-state index in [1.807, 2.05) is 0 Å². The third kappa shape index (κ3) is 2.75. The maximum Gasteiger partial charge on any atom is 0.417 e. The summed E-state index contributed by atoms with van der Waals surface area (Å²) in [6.07, 6.45) is -2.31. The van der Waals surface area contributed by atoms with Crippen LogP contribution in [-0.4, -0.2) is 23.9 Å². The van der Waals surface area contributed by atoms with Gasteiger partial charge >= 0.3 is 6.18 Å². The standard InChI is InChI=1S/C11H11F3N2O/c12-11(13,14)8-3-4-10(15-6-8)16-5-1-2-9(17)7-16/h3-4,6H,1-2,5,7H2. The van der Waals surface area contributed by atoms with Crippen molar-refractivity contribution in [2.24, 2.45) is 0 Å². The summed E-state index contributed by atoms with van der Waals surface area (Å²) in [4.78, 5) is 16.7. The molecule has 1 aliphatic rings. The Bertz CT molecular complexity index is 414. The van der Waals surface area contributed by atoms with Gasteiger partial charge in [0.15, 0.2) is 5.78 Å². The molecule has 0 amide bonds. The minimum absolute atomic E-state index is 0.0953. The summed E-state index contributed by atoms with van der Waals surface area (Å²) in [5, 5.41) is 0. The van der Waals surface area contributed by atoms with Crippen LogP contribution in [0.25, 0.3) is 0 Å². The maximum absolute atomic E-state index is 12.3. The number of hydrogen-bond donors (Lipinski definition) is 0. The first-order valence-corrected chi connectivity index (χ1v) is 5.27.